The molecule has 0 bridgehead atoms. The molecule has 3 rings (SSSR count). The van der Waals surface area contributed by atoms with E-state index in [-0.39, 0.29) is 16.9 Å². The van der Waals surface area contributed by atoms with E-state index in [0.29, 0.717) is 34.8 Å². The minimum Gasteiger partial charge on any atom is -0.493 e. The minimum absolute atomic E-state index is 0.0171. The number of ether oxygens (including phenoxy) is 2. The Morgan fingerprint density at radius 2 is 1.91 bits per heavy atom. The Balaban J connectivity index is 2.08. The quantitative estimate of drug-likeness (QED) is 0.291. The summed E-state index contributed by atoms with van der Waals surface area (Å²) < 4.78 is 14.5. The van der Waals surface area contributed by atoms with Gasteiger partial charge in [-0.2, -0.15) is 9.78 Å². The van der Waals surface area contributed by atoms with Crippen molar-refractivity contribution in [3.05, 3.63) is 61.0 Å². The fourth-order valence-corrected chi connectivity index (χ4v) is 3.90. The van der Waals surface area contributed by atoms with Gasteiger partial charge in [-0.3, -0.25) is 4.79 Å². The largest absolute Gasteiger partial charge is 0.493 e. The highest BCUT2D eigenvalue weighted by Crippen LogP contribution is 2.34. The van der Waals surface area contributed by atoms with Gasteiger partial charge in [0.2, 0.25) is 0 Å². The first-order valence-corrected chi connectivity index (χ1v) is 12.4. The van der Waals surface area contributed by atoms with Crippen molar-refractivity contribution < 1.29 is 9.47 Å². The maximum absolute atomic E-state index is 13.3. The van der Waals surface area contributed by atoms with E-state index in [1.807, 2.05) is 31.2 Å². The SMILES string of the molecule is CC[C@H](C)c1nc2ccc(Br)cc2c(=O)n1N=Cc1cc(OC)c(OCC(C)(C)C)cc1Br. The van der Waals surface area contributed by atoms with Crippen molar-refractivity contribution in [3.63, 3.8) is 0 Å². The molecule has 33 heavy (non-hydrogen) atoms. The molecule has 0 aliphatic heterocycles. The number of aromatic nitrogens is 2. The van der Waals surface area contributed by atoms with E-state index >= 15 is 0 Å². The van der Waals surface area contributed by atoms with E-state index in [4.69, 9.17) is 14.5 Å². The zero-order chi connectivity index (χ0) is 24.3. The Kier molecular flexibility index (Phi) is 8.00. The zero-order valence-corrected chi connectivity index (χ0v) is 22.9. The van der Waals surface area contributed by atoms with Crippen LogP contribution in [0.25, 0.3) is 10.9 Å². The summed E-state index contributed by atoms with van der Waals surface area (Å²) in [7, 11) is 1.60. The van der Waals surface area contributed by atoms with Crippen LogP contribution in [-0.4, -0.2) is 29.6 Å². The van der Waals surface area contributed by atoms with Gasteiger partial charge in [0.15, 0.2) is 11.5 Å². The summed E-state index contributed by atoms with van der Waals surface area (Å²) in [5.74, 6) is 1.93. The van der Waals surface area contributed by atoms with E-state index < -0.39 is 0 Å². The van der Waals surface area contributed by atoms with Crippen molar-refractivity contribution in [1.82, 2.24) is 9.66 Å². The molecule has 0 saturated heterocycles. The van der Waals surface area contributed by atoms with Crippen LogP contribution in [0.2, 0.25) is 0 Å². The molecule has 2 aromatic carbocycles. The molecule has 0 fully saturated rings. The van der Waals surface area contributed by atoms with Gasteiger partial charge in [-0.15, -0.1) is 0 Å². The molecule has 8 heteroatoms. The fourth-order valence-electron chi connectivity index (χ4n) is 3.12. The summed E-state index contributed by atoms with van der Waals surface area (Å²) in [4.78, 5) is 18.1. The number of methoxy groups -OCH3 is 1. The average Bonchev–Trinajstić information content (AvgIpc) is 2.77. The summed E-state index contributed by atoms with van der Waals surface area (Å²) in [6, 6.07) is 9.20. The van der Waals surface area contributed by atoms with Crippen LogP contribution in [0.1, 0.15) is 58.3 Å². The first-order chi connectivity index (χ1) is 15.5. The van der Waals surface area contributed by atoms with Gasteiger partial charge in [0.1, 0.15) is 5.82 Å². The average molecular weight is 579 g/mol. The van der Waals surface area contributed by atoms with Gasteiger partial charge in [-0.25, -0.2) is 4.98 Å². The highest BCUT2D eigenvalue weighted by molar-refractivity contribution is 9.10. The Bertz CT molecular complexity index is 1250. The van der Waals surface area contributed by atoms with Gasteiger partial charge in [0.25, 0.3) is 5.56 Å². The standard InChI is InChI=1S/C25H29Br2N3O3/c1-7-15(2)23-29-20-9-8-17(26)11-18(20)24(31)30(23)28-13-16-10-21(32-6)22(12-19(16)27)33-14-25(3,4)5/h8-13,15H,7,14H2,1-6H3/t15-/m0/s1. The van der Waals surface area contributed by atoms with Crippen LogP contribution in [-0.2, 0) is 0 Å². The molecule has 0 aliphatic rings. The lowest BCUT2D eigenvalue weighted by atomic mass is 9.99. The van der Waals surface area contributed by atoms with Crippen molar-refractivity contribution >= 4 is 49.0 Å². The molecule has 1 aromatic heterocycles. The first-order valence-electron chi connectivity index (χ1n) is 10.8. The van der Waals surface area contributed by atoms with Crippen molar-refractivity contribution in [2.45, 2.75) is 47.0 Å². The third-order valence-corrected chi connectivity index (χ3v) is 6.32. The molecule has 0 saturated carbocycles. The second kappa shape index (κ2) is 10.4. The number of hydrogen-bond donors (Lipinski definition) is 0. The predicted octanol–water partition coefficient (Wildman–Crippen LogP) is 6.75. The molecule has 0 N–H and O–H groups in total. The number of benzene rings is 2. The van der Waals surface area contributed by atoms with Crippen LogP contribution in [0.4, 0.5) is 0 Å². The number of hydrogen-bond acceptors (Lipinski definition) is 5. The number of fused-ring (bicyclic) bond motifs is 1. The summed E-state index contributed by atoms with van der Waals surface area (Å²) >= 11 is 7.04. The molecule has 0 spiro atoms. The molecule has 3 aromatic rings. The molecular formula is C25H29Br2N3O3. The number of halogens is 2. The van der Waals surface area contributed by atoms with Crippen LogP contribution >= 0.6 is 31.9 Å². The van der Waals surface area contributed by atoms with E-state index in [1.165, 1.54) is 4.68 Å². The molecule has 6 nitrogen and oxygen atoms in total. The normalized spacial score (nSPS) is 13.0. The third-order valence-electron chi connectivity index (χ3n) is 5.14. The molecule has 0 radical (unpaired) electrons. The molecule has 176 valence electrons. The van der Waals surface area contributed by atoms with Gasteiger partial charge in [-0.1, -0.05) is 50.5 Å². The maximum Gasteiger partial charge on any atom is 0.282 e. The highest BCUT2D eigenvalue weighted by atomic mass is 79.9. The molecule has 1 heterocycles. The van der Waals surface area contributed by atoms with E-state index in [9.17, 15) is 4.79 Å². The summed E-state index contributed by atoms with van der Waals surface area (Å²) in [6.45, 7) is 11.0. The van der Waals surface area contributed by atoms with Gasteiger partial charge < -0.3 is 9.47 Å². The van der Waals surface area contributed by atoms with E-state index in [1.54, 1.807) is 19.4 Å². The first kappa shape index (κ1) is 25.4. The number of nitrogens with zero attached hydrogens (tertiary/aromatic N) is 3. The number of rotatable bonds is 7. The topological polar surface area (TPSA) is 65.7 Å². The Labute approximate surface area is 211 Å². The Morgan fingerprint density at radius 1 is 1.18 bits per heavy atom. The lowest BCUT2D eigenvalue weighted by Gasteiger charge is -2.20. The van der Waals surface area contributed by atoms with E-state index in [0.717, 1.165) is 20.9 Å². The summed E-state index contributed by atoms with van der Waals surface area (Å²) in [6.07, 6.45) is 2.47. The smallest absolute Gasteiger partial charge is 0.282 e. The van der Waals surface area contributed by atoms with Crippen molar-refractivity contribution in [2.24, 2.45) is 10.5 Å². The monoisotopic (exact) mass is 577 g/mol. The van der Waals surface area contributed by atoms with Gasteiger partial charge in [0.05, 0.1) is 30.8 Å². The molecular weight excluding hydrogens is 550 g/mol. The second-order valence-electron chi connectivity index (χ2n) is 9.18. The van der Waals surface area contributed by atoms with Crippen LogP contribution < -0.4 is 15.0 Å². The summed E-state index contributed by atoms with van der Waals surface area (Å²) in [5.41, 5.74) is 1.23. The Morgan fingerprint density at radius 3 is 2.55 bits per heavy atom. The fraction of sp³-hybridized carbons (Fsp3) is 0.400. The van der Waals surface area contributed by atoms with Crippen molar-refractivity contribution in [1.29, 1.82) is 0 Å². The zero-order valence-electron chi connectivity index (χ0n) is 19.8. The van der Waals surface area contributed by atoms with Gasteiger partial charge in [-0.05, 0) is 58.1 Å². The Hall–Kier alpha value is -2.19. The lowest BCUT2D eigenvalue weighted by Crippen LogP contribution is -2.23. The van der Waals surface area contributed by atoms with E-state index in [2.05, 4.69) is 64.7 Å². The van der Waals surface area contributed by atoms with Crippen LogP contribution in [0.3, 0.4) is 0 Å². The van der Waals surface area contributed by atoms with Crippen LogP contribution in [0, 0.1) is 5.41 Å². The van der Waals surface area contributed by atoms with Crippen molar-refractivity contribution in [3.8, 4) is 11.5 Å². The molecule has 0 aliphatic carbocycles. The lowest BCUT2D eigenvalue weighted by molar-refractivity contribution is 0.191. The maximum atomic E-state index is 13.3. The second-order valence-corrected chi connectivity index (χ2v) is 10.9. The minimum atomic E-state index is -0.207. The van der Waals surface area contributed by atoms with Crippen LogP contribution in [0.5, 0.6) is 11.5 Å². The predicted molar refractivity (Wildman–Crippen MR) is 141 cm³/mol. The molecule has 0 amide bonds. The highest BCUT2D eigenvalue weighted by Gasteiger charge is 2.17. The van der Waals surface area contributed by atoms with Gasteiger partial charge >= 0.3 is 0 Å². The molecule has 0 unspecified atom stereocenters. The summed E-state index contributed by atoms with van der Waals surface area (Å²) in [5, 5.41) is 5.06. The van der Waals surface area contributed by atoms with Crippen LogP contribution in [0.15, 0.2) is 49.2 Å². The molecule has 1 atom stereocenters. The van der Waals surface area contributed by atoms with Gasteiger partial charge in [0, 0.05) is 20.4 Å². The van der Waals surface area contributed by atoms with Crippen molar-refractivity contribution in [2.75, 3.05) is 13.7 Å². The third kappa shape index (κ3) is 6.03.